The van der Waals surface area contributed by atoms with Gasteiger partial charge in [0.2, 0.25) is 0 Å². The molecule has 1 heterocycles. The Morgan fingerprint density at radius 2 is 2.05 bits per heavy atom. The lowest BCUT2D eigenvalue weighted by Crippen LogP contribution is -2.02. The summed E-state index contributed by atoms with van der Waals surface area (Å²) in [6, 6.07) is 14.4. The van der Waals surface area contributed by atoms with E-state index in [2.05, 4.69) is 29.3 Å². The summed E-state index contributed by atoms with van der Waals surface area (Å²) in [7, 11) is 1.98. The van der Waals surface area contributed by atoms with E-state index in [0.717, 1.165) is 16.4 Å². The first-order valence-corrected chi connectivity index (χ1v) is 7.71. The summed E-state index contributed by atoms with van der Waals surface area (Å²) in [5.74, 6) is 0.559. The number of imidazole rings is 1. The molecule has 0 N–H and O–H groups in total. The second-order valence-electron chi connectivity index (χ2n) is 4.68. The minimum Gasteiger partial charge on any atom is -0.322 e. The molecule has 1 atom stereocenters. The predicted molar refractivity (Wildman–Crippen MR) is 83.3 cm³/mol. The van der Waals surface area contributed by atoms with Gasteiger partial charge in [-0.15, -0.1) is 0 Å². The van der Waals surface area contributed by atoms with Crippen LogP contribution in [-0.4, -0.2) is 15.3 Å². The molecule has 0 saturated carbocycles. The minimum absolute atomic E-state index is 0.105. The number of nitrogens with zero attached hydrogens (tertiary/aromatic N) is 4. The SMILES string of the molecule is Cn1c(-c2ccccc2)cnc1SC[C@H](C#N)CCC#N. The van der Waals surface area contributed by atoms with Crippen molar-refractivity contribution in [1.29, 1.82) is 10.5 Å². The third-order valence-corrected chi connectivity index (χ3v) is 4.42. The molecule has 0 aliphatic rings. The standard InChI is InChI=1S/C16H16N4S/c1-20-15(14-7-3-2-4-8-14)11-19-16(20)21-12-13(10-18)6-5-9-17/h2-4,7-8,11,13H,5-6,12H2,1H3/t13-/m0/s1. The summed E-state index contributed by atoms with van der Waals surface area (Å²) in [6.45, 7) is 0. The van der Waals surface area contributed by atoms with Crippen LogP contribution in [0.5, 0.6) is 0 Å². The molecule has 0 fully saturated rings. The maximum absolute atomic E-state index is 9.08. The van der Waals surface area contributed by atoms with Crippen LogP contribution in [0.3, 0.4) is 0 Å². The molecule has 0 radical (unpaired) electrons. The van der Waals surface area contributed by atoms with Crippen LogP contribution in [0.25, 0.3) is 11.3 Å². The van der Waals surface area contributed by atoms with Gasteiger partial charge in [0, 0.05) is 19.2 Å². The number of thioether (sulfide) groups is 1. The summed E-state index contributed by atoms with van der Waals surface area (Å²) < 4.78 is 2.04. The van der Waals surface area contributed by atoms with Crippen molar-refractivity contribution >= 4 is 11.8 Å². The number of benzene rings is 1. The third-order valence-electron chi connectivity index (χ3n) is 3.22. The Balaban J connectivity index is 2.05. The van der Waals surface area contributed by atoms with Gasteiger partial charge in [0.05, 0.1) is 29.9 Å². The normalized spacial score (nSPS) is 11.6. The molecule has 0 aliphatic heterocycles. The zero-order chi connectivity index (χ0) is 15.1. The first-order chi connectivity index (χ1) is 10.3. The van der Waals surface area contributed by atoms with Gasteiger partial charge in [-0.3, -0.25) is 0 Å². The van der Waals surface area contributed by atoms with Crippen LogP contribution in [0.2, 0.25) is 0 Å². The van der Waals surface area contributed by atoms with E-state index < -0.39 is 0 Å². The molecule has 0 unspecified atom stereocenters. The molecule has 21 heavy (non-hydrogen) atoms. The number of hydrogen-bond acceptors (Lipinski definition) is 4. The Bertz CT molecular complexity index is 664. The molecule has 4 nitrogen and oxygen atoms in total. The highest BCUT2D eigenvalue weighted by atomic mass is 32.2. The summed E-state index contributed by atoms with van der Waals surface area (Å²) in [5.41, 5.74) is 2.18. The lowest BCUT2D eigenvalue weighted by atomic mass is 10.1. The van der Waals surface area contributed by atoms with Crippen molar-refractivity contribution in [1.82, 2.24) is 9.55 Å². The van der Waals surface area contributed by atoms with Gasteiger partial charge < -0.3 is 4.57 Å². The Kier molecular flexibility index (Phi) is 5.43. The zero-order valence-corrected chi connectivity index (χ0v) is 12.7. The molecule has 2 aromatic rings. The fourth-order valence-corrected chi connectivity index (χ4v) is 3.01. The summed E-state index contributed by atoms with van der Waals surface area (Å²) in [4.78, 5) is 4.43. The maximum atomic E-state index is 9.08. The summed E-state index contributed by atoms with van der Waals surface area (Å²) >= 11 is 1.57. The molecule has 1 aromatic heterocycles. The van der Waals surface area contributed by atoms with Crippen molar-refractivity contribution in [2.75, 3.05) is 5.75 Å². The second-order valence-corrected chi connectivity index (χ2v) is 5.67. The van der Waals surface area contributed by atoms with Crippen LogP contribution >= 0.6 is 11.8 Å². The van der Waals surface area contributed by atoms with Crippen LogP contribution in [0, 0.1) is 28.6 Å². The highest BCUT2D eigenvalue weighted by Gasteiger charge is 2.12. The number of nitriles is 2. The van der Waals surface area contributed by atoms with E-state index in [-0.39, 0.29) is 5.92 Å². The Morgan fingerprint density at radius 1 is 1.29 bits per heavy atom. The number of aromatic nitrogens is 2. The first-order valence-electron chi connectivity index (χ1n) is 6.72. The van der Waals surface area contributed by atoms with Gasteiger partial charge in [-0.05, 0) is 12.0 Å². The number of rotatable bonds is 6. The van der Waals surface area contributed by atoms with E-state index >= 15 is 0 Å². The molecule has 0 amide bonds. The summed E-state index contributed by atoms with van der Waals surface area (Å²) in [5, 5.41) is 18.6. The van der Waals surface area contributed by atoms with E-state index in [1.165, 1.54) is 0 Å². The molecular weight excluding hydrogens is 280 g/mol. The van der Waals surface area contributed by atoms with E-state index in [4.69, 9.17) is 10.5 Å². The van der Waals surface area contributed by atoms with Crippen LogP contribution in [-0.2, 0) is 7.05 Å². The van der Waals surface area contributed by atoms with Crippen molar-refractivity contribution in [2.24, 2.45) is 13.0 Å². The number of hydrogen-bond donors (Lipinski definition) is 0. The largest absolute Gasteiger partial charge is 0.322 e. The molecule has 0 bridgehead atoms. The molecule has 5 heteroatoms. The highest BCUT2D eigenvalue weighted by Crippen LogP contribution is 2.26. The van der Waals surface area contributed by atoms with Crippen molar-refractivity contribution in [2.45, 2.75) is 18.0 Å². The van der Waals surface area contributed by atoms with E-state index in [9.17, 15) is 0 Å². The average Bonchev–Trinajstić information content (AvgIpc) is 2.89. The topological polar surface area (TPSA) is 65.4 Å². The smallest absolute Gasteiger partial charge is 0.168 e. The van der Waals surface area contributed by atoms with Crippen molar-refractivity contribution in [3.63, 3.8) is 0 Å². The van der Waals surface area contributed by atoms with Gasteiger partial charge in [-0.25, -0.2) is 4.98 Å². The fraction of sp³-hybridized carbons (Fsp3) is 0.312. The van der Waals surface area contributed by atoms with Gasteiger partial charge in [0.1, 0.15) is 0 Å². The van der Waals surface area contributed by atoms with E-state index in [0.29, 0.717) is 18.6 Å². The van der Waals surface area contributed by atoms with Crippen molar-refractivity contribution in [3.8, 4) is 23.4 Å². The lowest BCUT2D eigenvalue weighted by molar-refractivity contribution is 0.682. The Hall–Kier alpha value is -2.24. The molecule has 1 aromatic carbocycles. The molecule has 0 spiro atoms. The van der Waals surface area contributed by atoms with E-state index in [1.807, 2.05) is 36.0 Å². The van der Waals surface area contributed by atoms with Crippen molar-refractivity contribution in [3.05, 3.63) is 36.5 Å². The molecular formula is C16H16N4S. The van der Waals surface area contributed by atoms with Crippen LogP contribution in [0.15, 0.2) is 41.7 Å². The third kappa shape index (κ3) is 3.87. The molecule has 0 saturated heterocycles. The van der Waals surface area contributed by atoms with Gasteiger partial charge in [0.15, 0.2) is 5.16 Å². The lowest BCUT2D eigenvalue weighted by Gasteiger charge is -2.08. The first kappa shape index (κ1) is 15.2. The monoisotopic (exact) mass is 296 g/mol. The maximum Gasteiger partial charge on any atom is 0.168 e. The van der Waals surface area contributed by atoms with Gasteiger partial charge >= 0.3 is 0 Å². The second kappa shape index (κ2) is 7.52. The zero-order valence-electron chi connectivity index (χ0n) is 11.9. The predicted octanol–water partition coefficient (Wildman–Crippen LogP) is 3.62. The van der Waals surface area contributed by atoms with Crippen LogP contribution in [0.1, 0.15) is 12.8 Å². The molecule has 2 rings (SSSR count). The minimum atomic E-state index is -0.105. The Labute approximate surface area is 129 Å². The fourth-order valence-electron chi connectivity index (χ4n) is 2.00. The summed E-state index contributed by atoms with van der Waals surface area (Å²) in [6.07, 6.45) is 2.90. The van der Waals surface area contributed by atoms with Gasteiger partial charge in [-0.2, -0.15) is 10.5 Å². The van der Waals surface area contributed by atoms with Gasteiger partial charge in [-0.1, -0.05) is 42.1 Å². The van der Waals surface area contributed by atoms with Crippen LogP contribution < -0.4 is 0 Å². The highest BCUT2D eigenvalue weighted by molar-refractivity contribution is 7.99. The molecule has 106 valence electrons. The molecule has 0 aliphatic carbocycles. The van der Waals surface area contributed by atoms with Gasteiger partial charge in [0.25, 0.3) is 0 Å². The van der Waals surface area contributed by atoms with Crippen LogP contribution in [0.4, 0.5) is 0 Å². The average molecular weight is 296 g/mol. The quantitative estimate of drug-likeness (QED) is 0.764. The Morgan fingerprint density at radius 3 is 2.71 bits per heavy atom. The van der Waals surface area contributed by atoms with Crippen molar-refractivity contribution < 1.29 is 0 Å². The van der Waals surface area contributed by atoms with E-state index in [1.54, 1.807) is 11.8 Å².